The number of aryl methyl sites for hydroxylation is 1. The monoisotopic (exact) mass is 442 g/mol. The van der Waals surface area contributed by atoms with Crippen LogP contribution in [0.5, 0.6) is 0 Å². The summed E-state index contributed by atoms with van der Waals surface area (Å²) in [6.07, 6.45) is 5.21. The summed E-state index contributed by atoms with van der Waals surface area (Å²) in [5, 5.41) is 6.11. The minimum atomic E-state index is -0.0807. The van der Waals surface area contributed by atoms with Crippen LogP contribution in [-0.4, -0.2) is 42.6 Å². The summed E-state index contributed by atoms with van der Waals surface area (Å²) in [6.45, 7) is 5.87. The van der Waals surface area contributed by atoms with Crippen molar-refractivity contribution in [1.82, 2.24) is 9.97 Å². The number of fused-ring (bicyclic) bond motifs is 1. The number of hydrogen-bond acceptors (Lipinski definition) is 6. The summed E-state index contributed by atoms with van der Waals surface area (Å²) in [5.74, 6) is 0.583. The van der Waals surface area contributed by atoms with Gasteiger partial charge >= 0.3 is 0 Å². The van der Waals surface area contributed by atoms with Gasteiger partial charge in [0, 0.05) is 74.0 Å². The molecule has 1 saturated heterocycles. The third-order valence-corrected chi connectivity index (χ3v) is 6.54. The van der Waals surface area contributed by atoms with Gasteiger partial charge in [0.2, 0.25) is 5.95 Å². The molecule has 2 aliphatic heterocycles. The first-order chi connectivity index (χ1) is 16.1. The van der Waals surface area contributed by atoms with Gasteiger partial charge in [0.1, 0.15) is 0 Å². The molecule has 1 aromatic heterocycles. The fourth-order valence-corrected chi connectivity index (χ4v) is 4.69. The lowest BCUT2D eigenvalue weighted by atomic mass is 10.0. The van der Waals surface area contributed by atoms with Gasteiger partial charge in [-0.25, -0.2) is 9.97 Å². The van der Waals surface area contributed by atoms with E-state index in [2.05, 4.69) is 55.5 Å². The summed E-state index contributed by atoms with van der Waals surface area (Å²) >= 11 is 0. The van der Waals surface area contributed by atoms with Gasteiger partial charge in [0.25, 0.3) is 5.91 Å². The molecule has 0 aliphatic carbocycles. The van der Waals surface area contributed by atoms with Crippen molar-refractivity contribution in [1.29, 1.82) is 0 Å². The molecule has 3 heterocycles. The predicted molar refractivity (Wildman–Crippen MR) is 133 cm³/mol. The summed E-state index contributed by atoms with van der Waals surface area (Å²) in [4.78, 5) is 26.7. The molecule has 3 aromatic rings. The maximum absolute atomic E-state index is 13.0. The van der Waals surface area contributed by atoms with Gasteiger partial charge in [-0.2, -0.15) is 0 Å². The van der Waals surface area contributed by atoms with E-state index in [1.54, 1.807) is 0 Å². The number of hydrogen-bond donors (Lipinski definition) is 2. The van der Waals surface area contributed by atoms with Crippen LogP contribution in [0.4, 0.5) is 23.0 Å². The molecule has 1 amide bonds. The van der Waals surface area contributed by atoms with E-state index in [1.165, 1.54) is 18.4 Å². The smallest absolute Gasteiger partial charge is 0.255 e. The molecule has 0 spiro atoms. The first-order valence-corrected chi connectivity index (χ1v) is 11.7. The van der Waals surface area contributed by atoms with Crippen molar-refractivity contribution in [2.24, 2.45) is 0 Å². The summed E-state index contributed by atoms with van der Waals surface area (Å²) < 4.78 is 0. The van der Waals surface area contributed by atoms with E-state index in [1.807, 2.05) is 37.5 Å². The van der Waals surface area contributed by atoms with E-state index in [0.717, 1.165) is 60.9 Å². The Bertz CT molecular complexity index is 1170. The van der Waals surface area contributed by atoms with Crippen LogP contribution in [0.2, 0.25) is 0 Å². The minimum Gasteiger partial charge on any atom is -0.372 e. The van der Waals surface area contributed by atoms with E-state index in [9.17, 15) is 4.79 Å². The van der Waals surface area contributed by atoms with Crippen LogP contribution in [0.3, 0.4) is 0 Å². The summed E-state index contributed by atoms with van der Waals surface area (Å²) in [6, 6.07) is 14.1. The van der Waals surface area contributed by atoms with Crippen molar-refractivity contribution in [2.45, 2.75) is 32.7 Å². The molecule has 0 unspecified atom stereocenters. The molecular weight excluding hydrogens is 412 g/mol. The zero-order valence-corrected chi connectivity index (χ0v) is 19.3. The number of carbonyl (C=O) groups is 1. The molecule has 5 rings (SSSR count). The summed E-state index contributed by atoms with van der Waals surface area (Å²) in [5.41, 5.74) is 7.17. The highest BCUT2D eigenvalue weighted by atomic mass is 16.1. The number of carbonyl (C=O) groups excluding carboxylic acids is 1. The molecular formula is C26H30N6O. The van der Waals surface area contributed by atoms with Crippen molar-refractivity contribution in [3.63, 3.8) is 0 Å². The summed E-state index contributed by atoms with van der Waals surface area (Å²) in [7, 11) is 1.84. The fourth-order valence-electron chi connectivity index (χ4n) is 4.69. The lowest BCUT2D eigenvalue weighted by Gasteiger charge is -2.31. The van der Waals surface area contributed by atoms with Crippen LogP contribution in [0.15, 0.2) is 48.7 Å². The van der Waals surface area contributed by atoms with Gasteiger partial charge in [-0.05, 0) is 55.7 Å². The quantitative estimate of drug-likeness (QED) is 0.616. The van der Waals surface area contributed by atoms with E-state index >= 15 is 0 Å². The average Bonchev–Trinajstić information content (AvgIpc) is 3.40. The Balaban J connectivity index is 1.33. The molecule has 7 nitrogen and oxygen atoms in total. The number of benzene rings is 2. The van der Waals surface area contributed by atoms with Gasteiger partial charge in [-0.1, -0.05) is 12.1 Å². The standard InChI is InChI=1S/C26H30N6O/c1-18-8-9-21(29-25(33)19-6-5-7-22(14-19)31-11-3-4-12-31)15-24(18)32-13-10-23-20(17-32)16-28-26(27-2)30-23/h5-9,14-16H,3-4,10-13,17H2,1-2H3,(H,29,33)(H,27,28,30). The van der Waals surface area contributed by atoms with Gasteiger partial charge < -0.3 is 20.4 Å². The Hall–Kier alpha value is -3.61. The largest absolute Gasteiger partial charge is 0.372 e. The predicted octanol–water partition coefficient (Wildman–Crippen LogP) is 4.24. The maximum atomic E-state index is 13.0. The first-order valence-electron chi connectivity index (χ1n) is 11.7. The molecule has 0 atom stereocenters. The molecule has 1 fully saturated rings. The van der Waals surface area contributed by atoms with Crippen molar-refractivity contribution < 1.29 is 4.79 Å². The highest BCUT2D eigenvalue weighted by Crippen LogP contribution is 2.29. The zero-order chi connectivity index (χ0) is 22.8. The van der Waals surface area contributed by atoms with E-state index in [4.69, 9.17) is 0 Å². The lowest BCUT2D eigenvalue weighted by molar-refractivity contribution is 0.102. The molecule has 33 heavy (non-hydrogen) atoms. The van der Waals surface area contributed by atoms with Crippen LogP contribution >= 0.6 is 0 Å². The Morgan fingerprint density at radius 1 is 1.03 bits per heavy atom. The Kier molecular flexibility index (Phi) is 5.86. The number of rotatable bonds is 5. The van der Waals surface area contributed by atoms with Crippen molar-refractivity contribution in [3.05, 3.63) is 71.0 Å². The third-order valence-electron chi connectivity index (χ3n) is 6.54. The normalized spacial score (nSPS) is 15.3. The van der Waals surface area contributed by atoms with Gasteiger partial charge in [-0.15, -0.1) is 0 Å². The number of amides is 1. The second kappa shape index (κ2) is 9.10. The number of nitrogens with zero attached hydrogens (tertiary/aromatic N) is 4. The first kappa shape index (κ1) is 21.2. The Morgan fingerprint density at radius 2 is 1.88 bits per heavy atom. The molecule has 0 saturated carbocycles. The SMILES string of the molecule is CNc1ncc2c(n1)CCN(c1cc(NC(=O)c3cccc(N4CCCC4)c3)ccc1C)C2. The van der Waals surface area contributed by atoms with Crippen LogP contribution < -0.4 is 20.4 Å². The molecule has 2 aliphatic rings. The average molecular weight is 443 g/mol. The second-order valence-corrected chi connectivity index (χ2v) is 8.79. The molecule has 170 valence electrons. The zero-order valence-electron chi connectivity index (χ0n) is 19.3. The number of aromatic nitrogens is 2. The minimum absolute atomic E-state index is 0.0807. The molecule has 7 heteroatoms. The van der Waals surface area contributed by atoms with Crippen molar-refractivity contribution in [3.8, 4) is 0 Å². The lowest BCUT2D eigenvalue weighted by Crippen LogP contribution is -2.32. The molecule has 0 bridgehead atoms. The Morgan fingerprint density at radius 3 is 2.70 bits per heavy atom. The van der Waals surface area contributed by atoms with E-state index in [-0.39, 0.29) is 5.91 Å². The van der Waals surface area contributed by atoms with Gasteiger partial charge in [0.15, 0.2) is 0 Å². The fraction of sp³-hybridized carbons (Fsp3) is 0.346. The van der Waals surface area contributed by atoms with Gasteiger partial charge in [0.05, 0.1) is 5.69 Å². The maximum Gasteiger partial charge on any atom is 0.255 e. The van der Waals surface area contributed by atoms with Crippen LogP contribution in [0.1, 0.15) is 40.0 Å². The van der Waals surface area contributed by atoms with Gasteiger partial charge in [-0.3, -0.25) is 4.79 Å². The molecule has 2 aromatic carbocycles. The highest BCUT2D eigenvalue weighted by Gasteiger charge is 2.21. The third kappa shape index (κ3) is 4.49. The van der Waals surface area contributed by atoms with Crippen LogP contribution in [-0.2, 0) is 13.0 Å². The van der Waals surface area contributed by atoms with Crippen molar-refractivity contribution in [2.75, 3.05) is 47.1 Å². The van der Waals surface area contributed by atoms with Crippen LogP contribution in [0.25, 0.3) is 0 Å². The molecule has 0 radical (unpaired) electrons. The number of anilines is 4. The van der Waals surface area contributed by atoms with Crippen molar-refractivity contribution >= 4 is 28.9 Å². The Labute approximate surface area is 194 Å². The van der Waals surface area contributed by atoms with Crippen LogP contribution in [0, 0.1) is 6.92 Å². The van der Waals surface area contributed by atoms with E-state index < -0.39 is 0 Å². The molecule has 2 N–H and O–H groups in total. The van der Waals surface area contributed by atoms with E-state index in [0.29, 0.717) is 11.5 Å². The second-order valence-electron chi connectivity index (χ2n) is 8.79. The number of nitrogens with one attached hydrogen (secondary N) is 2. The topological polar surface area (TPSA) is 73.4 Å². The highest BCUT2D eigenvalue weighted by molar-refractivity contribution is 6.05.